The molecule has 0 aromatic carbocycles. The van der Waals surface area contributed by atoms with Gasteiger partial charge >= 0.3 is 0 Å². The van der Waals surface area contributed by atoms with Gasteiger partial charge in [0, 0.05) is 32.4 Å². The summed E-state index contributed by atoms with van der Waals surface area (Å²) in [5, 5.41) is 4.35. The summed E-state index contributed by atoms with van der Waals surface area (Å²) in [5.41, 5.74) is 0.812. The van der Waals surface area contributed by atoms with Crippen molar-refractivity contribution in [3.8, 4) is 5.75 Å². The highest BCUT2D eigenvalue weighted by Crippen LogP contribution is 2.12. The summed E-state index contributed by atoms with van der Waals surface area (Å²) < 4.78 is 11.9. The van der Waals surface area contributed by atoms with E-state index in [9.17, 15) is 0 Å². The van der Waals surface area contributed by atoms with Crippen LogP contribution in [0, 0.1) is 0 Å². The van der Waals surface area contributed by atoms with Crippen molar-refractivity contribution in [3.05, 3.63) is 24.2 Å². The SMILES string of the molecule is COCCCc1nc2cc(OC)ccn2n1. The Hall–Kier alpha value is -1.62. The molecule has 2 aromatic heterocycles. The zero-order valence-electron chi connectivity index (χ0n) is 9.51. The molecule has 2 rings (SSSR count). The summed E-state index contributed by atoms with van der Waals surface area (Å²) in [5.74, 6) is 1.63. The molecule has 16 heavy (non-hydrogen) atoms. The average molecular weight is 221 g/mol. The Bertz CT molecular complexity index is 467. The minimum absolute atomic E-state index is 0.735. The van der Waals surface area contributed by atoms with Crippen LogP contribution in [0.5, 0.6) is 5.75 Å². The molecule has 5 nitrogen and oxygen atoms in total. The smallest absolute Gasteiger partial charge is 0.159 e. The normalized spacial score (nSPS) is 10.9. The van der Waals surface area contributed by atoms with Crippen molar-refractivity contribution in [2.24, 2.45) is 0 Å². The molecule has 5 heteroatoms. The molecule has 0 bridgehead atoms. The number of hydrogen-bond acceptors (Lipinski definition) is 4. The molecule has 0 radical (unpaired) electrons. The third kappa shape index (κ3) is 2.30. The Morgan fingerprint density at radius 1 is 1.38 bits per heavy atom. The van der Waals surface area contributed by atoms with Crippen LogP contribution < -0.4 is 4.74 Å². The number of aromatic nitrogens is 3. The highest BCUT2D eigenvalue weighted by Gasteiger charge is 2.04. The quantitative estimate of drug-likeness (QED) is 0.714. The van der Waals surface area contributed by atoms with Gasteiger partial charge in [0.2, 0.25) is 0 Å². The fourth-order valence-corrected chi connectivity index (χ4v) is 1.52. The maximum absolute atomic E-state index is 5.13. The standard InChI is InChI=1S/C11H15N3O2/c1-15-7-3-4-10-12-11-8-9(16-2)5-6-14(11)13-10/h5-6,8H,3-4,7H2,1-2H3. The second kappa shape index (κ2) is 4.94. The molecule has 0 atom stereocenters. The van der Waals surface area contributed by atoms with Gasteiger partial charge in [0.25, 0.3) is 0 Å². The average Bonchev–Trinajstić information content (AvgIpc) is 2.70. The van der Waals surface area contributed by atoms with Gasteiger partial charge in [0.1, 0.15) is 5.75 Å². The van der Waals surface area contributed by atoms with Crippen molar-refractivity contribution in [3.63, 3.8) is 0 Å². The zero-order chi connectivity index (χ0) is 11.4. The predicted molar refractivity (Wildman–Crippen MR) is 59.7 cm³/mol. The minimum Gasteiger partial charge on any atom is -0.497 e. The summed E-state index contributed by atoms with van der Waals surface area (Å²) in [4.78, 5) is 4.41. The number of aryl methyl sites for hydroxylation is 1. The summed E-state index contributed by atoms with van der Waals surface area (Å²) in [6.45, 7) is 0.735. The fraction of sp³-hybridized carbons (Fsp3) is 0.455. The van der Waals surface area contributed by atoms with Gasteiger partial charge in [-0.2, -0.15) is 5.10 Å². The van der Waals surface area contributed by atoms with Gasteiger partial charge in [-0.1, -0.05) is 0 Å². The van der Waals surface area contributed by atoms with Crippen molar-refractivity contribution in [1.82, 2.24) is 14.6 Å². The second-order valence-corrected chi connectivity index (χ2v) is 3.49. The van der Waals surface area contributed by atoms with Crippen molar-refractivity contribution in [1.29, 1.82) is 0 Å². The first kappa shape index (κ1) is 10.9. The van der Waals surface area contributed by atoms with E-state index in [2.05, 4.69) is 10.1 Å². The molecule has 0 aliphatic rings. The highest BCUT2D eigenvalue weighted by molar-refractivity contribution is 5.43. The second-order valence-electron chi connectivity index (χ2n) is 3.49. The van der Waals surface area contributed by atoms with E-state index in [0.29, 0.717) is 0 Å². The summed E-state index contributed by atoms with van der Waals surface area (Å²) in [7, 11) is 3.34. The van der Waals surface area contributed by atoms with Crippen LogP contribution in [0.25, 0.3) is 5.65 Å². The van der Waals surface area contributed by atoms with Crippen LogP contribution in [-0.2, 0) is 11.2 Å². The molecule has 0 saturated carbocycles. The minimum atomic E-state index is 0.735. The van der Waals surface area contributed by atoms with E-state index in [1.54, 1.807) is 18.7 Å². The first-order valence-electron chi connectivity index (χ1n) is 5.21. The highest BCUT2D eigenvalue weighted by atomic mass is 16.5. The molecular formula is C11H15N3O2. The van der Waals surface area contributed by atoms with E-state index in [4.69, 9.17) is 9.47 Å². The molecule has 0 aliphatic carbocycles. The van der Waals surface area contributed by atoms with Crippen LogP contribution in [0.3, 0.4) is 0 Å². The third-order valence-corrected chi connectivity index (χ3v) is 2.34. The maximum atomic E-state index is 5.13. The Balaban J connectivity index is 2.16. The topological polar surface area (TPSA) is 48.7 Å². The molecule has 0 fully saturated rings. The number of fused-ring (bicyclic) bond motifs is 1. The molecular weight excluding hydrogens is 206 g/mol. The number of methoxy groups -OCH3 is 2. The van der Waals surface area contributed by atoms with E-state index < -0.39 is 0 Å². The maximum Gasteiger partial charge on any atom is 0.159 e. The number of hydrogen-bond donors (Lipinski definition) is 0. The summed E-state index contributed by atoms with van der Waals surface area (Å²) in [6.07, 6.45) is 3.61. The molecule has 2 aromatic rings. The Kier molecular flexibility index (Phi) is 3.36. The van der Waals surface area contributed by atoms with Gasteiger partial charge in [-0.25, -0.2) is 9.50 Å². The van der Waals surface area contributed by atoms with Crippen molar-refractivity contribution < 1.29 is 9.47 Å². The van der Waals surface area contributed by atoms with Crippen molar-refractivity contribution >= 4 is 5.65 Å². The van der Waals surface area contributed by atoms with Crippen molar-refractivity contribution in [2.45, 2.75) is 12.8 Å². The number of ether oxygens (including phenoxy) is 2. The Morgan fingerprint density at radius 3 is 3.00 bits per heavy atom. The fourth-order valence-electron chi connectivity index (χ4n) is 1.52. The lowest BCUT2D eigenvalue weighted by atomic mass is 10.3. The lowest BCUT2D eigenvalue weighted by Gasteiger charge is -1.97. The lowest BCUT2D eigenvalue weighted by Crippen LogP contribution is -1.94. The van der Waals surface area contributed by atoms with E-state index in [-0.39, 0.29) is 0 Å². The Labute approximate surface area is 94.0 Å². The Morgan fingerprint density at radius 2 is 2.25 bits per heavy atom. The molecule has 0 N–H and O–H groups in total. The molecule has 0 amide bonds. The van der Waals surface area contributed by atoms with E-state index in [0.717, 1.165) is 36.7 Å². The lowest BCUT2D eigenvalue weighted by molar-refractivity contribution is 0.194. The van der Waals surface area contributed by atoms with E-state index in [1.165, 1.54) is 0 Å². The molecule has 86 valence electrons. The van der Waals surface area contributed by atoms with Gasteiger partial charge in [-0.05, 0) is 12.5 Å². The van der Waals surface area contributed by atoms with E-state index in [1.807, 2.05) is 18.3 Å². The third-order valence-electron chi connectivity index (χ3n) is 2.34. The molecule has 0 saturated heterocycles. The van der Waals surface area contributed by atoms with Crippen LogP contribution in [0.4, 0.5) is 0 Å². The molecule has 2 heterocycles. The first-order valence-corrected chi connectivity index (χ1v) is 5.21. The molecule has 0 aliphatic heterocycles. The van der Waals surface area contributed by atoms with Crippen LogP contribution in [0.2, 0.25) is 0 Å². The first-order chi connectivity index (χ1) is 7.83. The largest absolute Gasteiger partial charge is 0.497 e. The van der Waals surface area contributed by atoms with E-state index >= 15 is 0 Å². The van der Waals surface area contributed by atoms with Crippen LogP contribution >= 0.6 is 0 Å². The summed E-state index contributed by atoms with van der Waals surface area (Å²) in [6, 6.07) is 3.73. The summed E-state index contributed by atoms with van der Waals surface area (Å²) >= 11 is 0. The molecule has 0 unspecified atom stereocenters. The van der Waals surface area contributed by atoms with Gasteiger partial charge < -0.3 is 9.47 Å². The van der Waals surface area contributed by atoms with Gasteiger partial charge in [0.05, 0.1) is 7.11 Å². The van der Waals surface area contributed by atoms with Gasteiger partial charge in [-0.3, -0.25) is 0 Å². The monoisotopic (exact) mass is 221 g/mol. The zero-order valence-corrected chi connectivity index (χ0v) is 9.51. The van der Waals surface area contributed by atoms with Crippen molar-refractivity contribution in [2.75, 3.05) is 20.8 Å². The number of pyridine rings is 1. The van der Waals surface area contributed by atoms with Crippen LogP contribution in [-0.4, -0.2) is 35.4 Å². The van der Waals surface area contributed by atoms with Crippen LogP contribution in [0.15, 0.2) is 18.3 Å². The van der Waals surface area contributed by atoms with Gasteiger partial charge in [0.15, 0.2) is 11.5 Å². The number of rotatable bonds is 5. The molecule has 0 spiro atoms. The van der Waals surface area contributed by atoms with Crippen LogP contribution in [0.1, 0.15) is 12.2 Å². The predicted octanol–water partition coefficient (Wildman–Crippen LogP) is 1.32. The number of nitrogens with zero attached hydrogens (tertiary/aromatic N) is 3. The van der Waals surface area contributed by atoms with Gasteiger partial charge in [-0.15, -0.1) is 0 Å².